The van der Waals surface area contributed by atoms with E-state index in [2.05, 4.69) is 35.6 Å². The van der Waals surface area contributed by atoms with E-state index < -0.39 is 0 Å². The van der Waals surface area contributed by atoms with Gasteiger partial charge in [0, 0.05) is 18.7 Å². The number of anilines is 1. The highest BCUT2D eigenvalue weighted by atomic mass is 32.1. The highest BCUT2D eigenvalue weighted by Crippen LogP contribution is 2.19. The maximum absolute atomic E-state index is 11.9. The van der Waals surface area contributed by atoms with Gasteiger partial charge in [0.1, 0.15) is 0 Å². The van der Waals surface area contributed by atoms with Gasteiger partial charge in [-0.25, -0.2) is 0 Å². The zero-order chi connectivity index (χ0) is 13.8. The molecule has 0 aliphatic rings. The van der Waals surface area contributed by atoms with Crippen LogP contribution in [0.2, 0.25) is 0 Å². The zero-order valence-electron chi connectivity index (χ0n) is 11.0. The molecular formula is C17H15NOS. The van der Waals surface area contributed by atoms with Crippen LogP contribution >= 0.6 is 11.3 Å². The Morgan fingerprint density at radius 3 is 2.65 bits per heavy atom. The van der Waals surface area contributed by atoms with Crippen LogP contribution in [0.1, 0.15) is 16.1 Å². The smallest absolute Gasteiger partial charge is 0.174 e. The minimum absolute atomic E-state index is 0.202. The summed E-state index contributed by atoms with van der Waals surface area (Å²) in [6.07, 6.45) is 0.521. The third kappa shape index (κ3) is 2.89. The lowest BCUT2D eigenvalue weighted by Crippen LogP contribution is -2.07. The maximum atomic E-state index is 11.9. The molecule has 0 saturated carbocycles. The van der Waals surface area contributed by atoms with E-state index in [1.165, 1.54) is 22.1 Å². The molecular weight excluding hydrogens is 266 g/mol. The topological polar surface area (TPSA) is 29.1 Å². The van der Waals surface area contributed by atoms with Crippen LogP contribution in [-0.2, 0) is 0 Å². The molecule has 3 aromatic rings. The molecule has 2 aromatic carbocycles. The standard InChI is InChI=1S/C17H15NOS/c19-16(17-6-3-11-20-17)9-10-18-15-8-7-13-4-1-2-5-14(13)12-15/h1-8,11-12,18H,9-10H2. The van der Waals surface area contributed by atoms with E-state index in [1.54, 1.807) is 0 Å². The monoisotopic (exact) mass is 281 g/mol. The van der Waals surface area contributed by atoms with E-state index in [1.807, 2.05) is 29.6 Å². The summed E-state index contributed by atoms with van der Waals surface area (Å²) in [4.78, 5) is 12.7. The normalized spacial score (nSPS) is 10.6. The number of Topliss-reactive ketones (excluding diaryl/α,β-unsaturated/α-hetero) is 1. The number of carbonyl (C=O) groups is 1. The van der Waals surface area contributed by atoms with Gasteiger partial charge in [-0.1, -0.05) is 36.4 Å². The second kappa shape index (κ2) is 5.88. The number of nitrogens with one attached hydrogen (secondary N) is 1. The molecule has 0 saturated heterocycles. The number of hydrogen-bond donors (Lipinski definition) is 1. The predicted octanol–water partition coefficient (Wildman–Crippen LogP) is 4.59. The maximum Gasteiger partial charge on any atom is 0.174 e. The Balaban J connectivity index is 1.61. The van der Waals surface area contributed by atoms with E-state index in [9.17, 15) is 4.79 Å². The molecule has 1 aromatic heterocycles. The summed E-state index contributed by atoms with van der Waals surface area (Å²) >= 11 is 1.50. The third-order valence-corrected chi connectivity index (χ3v) is 4.14. The average molecular weight is 281 g/mol. The molecule has 3 heteroatoms. The van der Waals surface area contributed by atoms with Crippen molar-refractivity contribution in [2.75, 3.05) is 11.9 Å². The first-order chi connectivity index (χ1) is 9.83. The van der Waals surface area contributed by atoms with E-state index in [0.717, 1.165) is 10.6 Å². The zero-order valence-corrected chi connectivity index (χ0v) is 11.8. The van der Waals surface area contributed by atoms with Crippen LogP contribution in [0.4, 0.5) is 5.69 Å². The minimum atomic E-state index is 0.202. The van der Waals surface area contributed by atoms with Crippen LogP contribution in [0.25, 0.3) is 10.8 Å². The highest BCUT2D eigenvalue weighted by Gasteiger charge is 2.05. The second-order valence-corrected chi connectivity index (χ2v) is 5.59. The molecule has 100 valence electrons. The first-order valence-electron chi connectivity index (χ1n) is 6.62. The number of carbonyl (C=O) groups excluding carboxylic acids is 1. The van der Waals surface area contributed by atoms with Crippen LogP contribution in [0.3, 0.4) is 0 Å². The van der Waals surface area contributed by atoms with Crippen LogP contribution < -0.4 is 5.32 Å². The van der Waals surface area contributed by atoms with Crippen LogP contribution in [0.15, 0.2) is 60.0 Å². The van der Waals surface area contributed by atoms with E-state index in [4.69, 9.17) is 0 Å². The van der Waals surface area contributed by atoms with Crippen molar-refractivity contribution in [2.24, 2.45) is 0 Å². The van der Waals surface area contributed by atoms with Crippen molar-refractivity contribution in [3.8, 4) is 0 Å². The van der Waals surface area contributed by atoms with Gasteiger partial charge in [-0.05, 0) is 34.4 Å². The van der Waals surface area contributed by atoms with Gasteiger partial charge in [0.25, 0.3) is 0 Å². The van der Waals surface area contributed by atoms with Gasteiger partial charge in [0.2, 0.25) is 0 Å². The summed E-state index contributed by atoms with van der Waals surface area (Å²) in [5.41, 5.74) is 1.06. The molecule has 1 heterocycles. The summed E-state index contributed by atoms with van der Waals surface area (Å²) in [6.45, 7) is 0.662. The number of fused-ring (bicyclic) bond motifs is 1. The van der Waals surface area contributed by atoms with Gasteiger partial charge >= 0.3 is 0 Å². The Hall–Kier alpha value is -2.13. The van der Waals surface area contributed by atoms with Crippen LogP contribution in [-0.4, -0.2) is 12.3 Å². The van der Waals surface area contributed by atoms with Crippen molar-refractivity contribution >= 4 is 33.6 Å². The van der Waals surface area contributed by atoms with Crippen LogP contribution in [0.5, 0.6) is 0 Å². The fraction of sp³-hybridized carbons (Fsp3) is 0.118. The third-order valence-electron chi connectivity index (χ3n) is 3.23. The van der Waals surface area contributed by atoms with Crippen molar-refractivity contribution in [1.82, 2.24) is 0 Å². The first kappa shape index (κ1) is 12.9. The van der Waals surface area contributed by atoms with Gasteiger partial charge in [-0.15, -0.1) is 11.3 Å². The molecule has 0 bridgehead atoms. The first-order valence-corrected chi connectivity index (χ1v) is 7.50. The van der Waals surface area contributed by atoms with Gasteiger partial charge in [-0.2, -0.15) is 0 Å². The molecule has 0 amide bonds. The van der Waals surface area contributed by atoms with Gasteiger partial charge in [0.05, 0.1) is 4.88 Å². The molecule has 3 rings (SSSR count). The molecule has 0 aliphatic carbocycles. The SMILES string of the molecule is O=C(CCNc1ccc2ccccc2c1)c1cccs1. The lowest BCUT2D eigenvalue weighted by molar-refractivity contribution is 0.0990. The van der Waals surface area contributed by atoms with Crippen molar-refractivity contribution in [1.29, 1.82) is 0 Å². The summed E-state index contributed by atoms with van der Waals surface area (Å²) in [5, 5.41) is 7.69. The minimum Gasteiger partial charge on any atom is -0.385 e. The van der Waals surface area contributed by atoms with Crippen molar-refractivity contribution in [3.05, 3.63) is 64.9 Å². The Kier molecular flexibility index (Phi) is 3.79. The molecule has 0 unspecified atom stereocenters. The Labute approximate surface area is 122 Å². The highest BCUT2D eigenvalue weighted by molar-refractivity contribution is 7.12. The van der Waals surface area contributed by atoms with Gasteiger partial charge in [-0.3, -0.25) is 4.79 Å². The van der Waals surface area contributed by atoms with E-state index >= 15 is 0 Å². The number of rotatable bonds is 5. The van der Waals surface area contributed by atoms with E-state index in [-0.39, 0.29) is 5.78 Å². The molecule has 0 atom stereocenters. The molecule has 0 spiro atoms. The van der Waals surface area contributed by atoms with Crippen LogP contribution in [0, 0.1) is 0 Å². The predicted molar refractivity (Wildman–Crippen MR) is 85.7 cm³/mol. The second-order valence-electron chi connectivity index (χ2n) is 4.64. The average Bonchev–Trinajstić information content (AvgIpc) is 3.01. The summed E-state index contributed by atoms with van der Waals surface area (Å²) in [6, 6.07) is 18.3. The molecule has 0 radical (unpaired) electrons. The fourth-order valence-electron chi connectivity index (χ4n) is 2.18. The lowest BCUT2D eigenvalue weighted by Gasteiger charge is -2.07. The molecule has 2 nitrogen and oxygen atoms in total. The Morgan fingerprint density at radius 2 is 1.85 bits per heavy atom. The van der Waals surface area contributed by atoms with E-state index in [0.29, 0.717) is 13.0 Å². The Morgan fingerprint density at radius 1 is 1.00 bits per heavy atom. The lowest BCUT2D eigenvalue weighted by atomic mass is 10.1. The largest absolute Gasteiger partial charge is 0.385 e. The summed E-state index contributed by atoms with van der Waals surface area (Å²) < 4.78 is 0. The summed E-state index contributed by atoms with van der Waals surface area (Å²) in [7, 11) is 0. The molecule has 0 aliphatic heterocycles. The number of benzene rings is 2. The number of thiophene rings is 1. The quantitative estimate of drug-likeness (QED) is 0.693. The molecule has 1 N–H and O–H groups in total. The fourth-order valence-corrected chi connectivity index (χ4v) is 2.87. The van der Waals surface area contributed by atoms with Gasteiger partial charge < -0.3 is 5.32 Å². The van der Waals surface area contributed by atoms with Crippen molar-refractivity contribution in [3.63, 3.8) is 0 Å². The van der Waals surface area contributed by atoms with Crippen molar-refractivity contribution < 1.29 is 4.79 Å². The Bertz CT molecular complexity index is 719. The molecule has 20 heavy (non-hydrogen) atoms. The number of ketones is 1. The molecule has 0 fully saturated rings. The van der Waals surface area contributed by atoms with Gasteiger partial charge in [0.15, 0.2) is 5.78 Å². The number of hydrogen-bond acceptors (Lipinski definition) is 3. The van der Waals surface area contributed by atoms with Crippen molar-refractivity contribution in [2.45, 2.75) is 6.42 Å². The summed E-state index contributed by atoms with van der Waals surface area (Å²) in [5.74, 6) is 0.202.